The van der Waals surface area contributed by atoms with E-state index >= 15 is 0 Å². The highest BCUT2D eigenvalue weighted by Gasteiger charge is 2.14. The van der Waals surface area contributed by atoms with Crippen molar-refractivity contribution in [3.05, 3.63) is 18.2 Å². The second-order valence-corrected chi connectivity index (χ2v) is 4.94. The Morgan fingerprint density at radius 3 is 3.07 bits per heavy atom. The molecule has 1 aromatic carbocycles. The number of hydrogen-bond donors (Lipinski definition) is 1. The summed E-state index contributed by atoms with van der Waals surface area (Å²) in [5, 5.41) is 2.79. The average molecular weight is 286 g/mol. The minimum atomic E-state index is -0.223. The Hall–Kier alpha value is -1.01. The first-order chi connectivity index (χ1) is 7.18. The van der Waals surface area contributed by atoms with Gasteiger partial charge in [0.2, 0.25) is 5.91 Å². The van der Waals surface area contributed by atoms with E-state index in [0.717, 1.165) is 22.7 Å². The van der Waals surface area contributed by atoms with Gasteiger partial charge in [-0.1, -0.05) is 22.0 Å². The molecule has 1 aliphatic rings. The molecule has 1 unspecified atom stereocenters. The van der Waals surface area contributed by atoms with Gasteiger partial charge in [0.25, 0.3) is 0 Å². The van der Waals surface area contributed by atoms with E-state index in [0.29, 0.717) is 5.69 Å². The number of carbonyl (C=O) groups is 1. The summed E-state index contributed by atoms with van der Waals surface area (Å²) in [6.07, 6.45) is 0. The summed E-state index contributed by atoms with van der Waals surface area (Å²) in [7, 11) is 0. The Bertz CT molecular complexity index is 480. The molecule has 78 valence electrons. The molecule has 1 aromatic rings. The number of anilines is 1. The van der Waals surface area contributed by atoms with E-state index in [1.807, 2.05) is 18.2 Å². The lowest BCUT2D eigenvalue weighted by Crippen LogP contribution is -2.19. The summed E-state index contributed by atoms with van der Waals surface area (Å²) in [4.78, 5) is 11.3. The first-order valence-corrected chi connectivity index (χ1v) is 5.99. The first kappa shape index (κ1) is 10.5. The van der Waals surface area contributed by atoms with Crippen LogP contribution >= 0.6 is 15.9 Å². The summed E-state index contributed by atoms with van der Waals surface area (Å²) >= 11 is 4.35. The maximum Gasteiger partial charge on any atom is 0.237 e. The Morgan fingerprint density at radius 1 is 1.53 bits per heavy atom. The van der Waals surface area contributed by atoms with Crippen LogP contribution in [-0.2, 0) is 16.1 Å². The quantitative estimate of drug-likeness (QED) is 0.847. The number of rotatable bonds is 2. The Kier molecular flexibility index (Phi) is 2.97. The van der Waals surface area contributed by atoms with Crippen LogP contribution in [0.25, 0.3) is 0 Å². The number of nitrogens with one attached hydrogen (secondary N) is 1. The van der Waals surface area contributed by atoms with E-state index < -0.39 is 0 Å². The number of alkyl halides is 1. The van der Waals surface area contributed by atoms with Crippen molar-refractivity contribution in [3.63, 3.8) is 0 Å². The monoisotopic (exact) mass is 285 g/mol. The molecule has 4 nitrogen and oxygen atoms in total. The molecule has 6 heteroatoms. The molecule has 0 aromatic heterocycles. The van der Waals surface area contributed by atoms with Crippen LogP contribution < -0.4 is 5.32 Å². The predicted molar refractivity (Wildman–Crippen MR) is 65.0 cm³/mol. The third-order valence-corrected chi connectivity index (χ3v) is 2.86. The molecule has 1 heterocycles. The van der Waals surface area contributed by atoms with Gasteiger partial charge in [-0.05, 0) is 19.1 Å². The van der Waals surface area contributed by atoms with Crippen LogP contribution in [0, 0.1) is 0 Å². The molecule has 0 saturated heterocycles. The normalized spacial score (nSPS) is 14.3. The lowest BCUT2D eigenvalue weighted by molar-refractivity contribution is -0.115. The fourth-order valence-electron chi connectivity index (χ4n) is 1.14. The Balaban J connectivity index is 2.28. The van der Waals surface area contributed by atoms with Crippen LogP contribution in [0.2, 0.25) is 0 Å². The number of benzene rings is 1. The summed E-state index contributed by atoms with van der Waals surface area (Å²) in [6.45, 7) is 1.77. The van der Waals surface area contributed by atoms with Crippen LogP contribution in [0.5, 0.6) is 0 Å². The molecule has 2 rings (SSSR count). The zero-order chi connectivity index (χ0) is 10.8. The van der Waals surface area contributed by atoms with E-state index in [9.17, 15) is 4.79 Å². The fourth-order valence-corrected chi connectivity index (χ4v) is 1.80. The highest BCUT2D eigenvalue weighted by atomic mass is 79.9. The van der Waals surface area contributed by atoms with Crippen molar-refractivity contribution < 1.29 is 4.79 Å². The standard InChI is InChI=1S/C9H8BrN3OS/c1-5(10)9(14)11-6-3-2-4-7-8(6)13-15-12-7/h2-5H,1H3,(H,11,14). The molecule has 1 amide bonds. The zero-order valence-corrected chi connectivity index (χ0v) is 10.3. The fraction of sp³-hybridized carbons (Fsp3) is 0.222. The summed E-state index contributed by atoms with van der Waals surface area (Å²) in [6, 6.07) is 5.53. The number of amides is 1. The maximum absolute atomic E-state index is 11.5. The predicted octanol–water partition coefficient (Wildman–Crippen LogP) is 3.13. The van der Waals surface area contributed by atoms with Gasteiger partial charge in [0.05, 0.1) is 21.9 Å². The number of carbonyl (C=O) groups excluding carboxylic acids is 1. The zero-order valence-electron chi connectivity index (χ0n) is 7.90. The molecular weight excluding hydrogens is 278 g/mol. The lowest BCUT2D eigenvalue weighted by atomic mass is 10.2. The van der Waals surface area contributed by atoms with Gasteiger partial charge in [-0.2, -0.15) is 8.73 Å². The second kappa shape index (κ2) is 4.24. The average Bonchev–Trinajstić information content (AvgIpc) is 2.66. The molecule has 0 aliphatic carbocycles. The van der Waals surface area contributed by atoms with Gasteiger partial charge in [0, 0.05) is 0 Å². The minimum Gasteiger partial charge on any atom is -0.323 e. The molecule has 0 fully saturated rings. The molecule has 1 aliphatic heterocycles. The molecule has 1 N–H and O–H groups in total. The molecule has 15 heavy (non-hydrogen) atoms. The van der Waals surface area contributed by atoms with Crippen molar-refractivity contribution >= 4 is 50.3 Å². The van der Waals surface area contributed by atoms with Gasteiger partial charge in [-0.3, -0.25) is 4.79 Å². The lowest BCUT2D eigenvalue weighted by Gasteiger charge is -2.08. The molecule has 1 atom stereocenters. The first-order valence-electron chi connectivity index (χ1n) is 4.34. The largest absolute Gasteiger partial charge is 0.323 e. The van der Waals surface area contributed by atoms with E-state index in [2.05, 4.69) is 30.0 Å². The van der Waals surface area contributed by atoms with Crippen LogP contribution in [0.3, 0.4) is 0 Å². The second-order valence-electron chi connectivity index (χ2n) is 3.04. The van der Waals surface area contributed by atoms with Crippen LogP contribution in [0.4, 0.5) is 17.1 Å². The van der Waals surface area contributed by atoms with E-state index in [1.165, 1.54) is 0 Å². The minimum absolute atomic E-state index is 0.0875. The Morgan fingerprint density at radius 2 is 2.33 bits per heavy atom. The van der Waals surface area contributed by atoms with Crippen molar-refractivity contribution in [1.82, 2.24) is 0 Å². The topological polar surface area (TPSA) is 53.8 Å². The van der Waals surface area contributed by atoms with Crippen molar-refractivity contribution in [1.29, 1.82) is 0 Å². The highest BCUT2D eigenvalue weighted by Crippen LogP contribution is 2.38. The van der Waals surface area contributed by atoms with Gasteiger partial charge < -0.3 is 5.32 Å². The summed E-state index contributed by atoms with van der Waals surface area (Å²) < 4.78 is 8.23. The SMILES string of the molecule is CC(Br)C(=O)Nc1cccc2c1N=S=N2. The smallest absolute Gasteiger partial charge is 0.237 e. The van der Waals surface area contributed by atoms with Crippen LogP contribution in [-0.4, -0.2) is 10.7 Å². The molecular formula is C9H8BrN3OS. The van der Waals surface area contributed by atoms with Crippen molar-refractivity contribution in [2.45, 2.75) is 11.8 Å². The van der Waals surface area contributed by atoms with Gasteiger partial charge in [0.15, 0.2) is 0 Å². The summed E-state index contributed by atoms with van der Waals surface area (Å²) in [5.74, 6) is -0.0875. The number of halogens is 1. The van der Waals surface area contributed by atoms with E-state index in [4.69, 9.17) is 0 Å². The van der Waals surface area contributed by atoms with Gasteiger partial charge in [-0.15, -0.1) is 0 Å². The van der Waals surface area contributed by atoms with Gasteiger partial charge >= 0.3 is 0 Å². The summed E-state index contributed by atoms with van der Waals surface area (Å²) in [5.41, 5.74) is 2.25. The molecule has 0 bridgehead atoms. The van der Waals surface area contributed by atoms with Gasteiger partial charge in [-0.25, -0.2) is 0 Å². The van der Waals surface area contributed by atoms with Crippen LogP contribution in [0.15, 0.2) is 26.9 Å². The molecule has 0 spiro atoms. The third-order valence-electron chi connectivity index (χ3n) is 1.91. The van der Waals surface area contributed by atoms with Gasteiger partial charge in [0.1, 0.15) is 11.4 Å². The van der Waals surface area contributed by atoms with Crippen molar-refractivity contribution in [2.75, 3.05) is 5.32 Å². The van der Waals surface area contributed by atoms with Crippen molar-refractivity contribution in [3.8, 4) is 0 Å². The highest BCUT2D eigenvalue weighted by molar-refractivity contribution is 9.10. The third kappa shape index (κ3) is 2.15. The molecule has 0 radical (unpaired) electrons. The van der Waals surface area contributed by atoms with Crippen molar-refractivity contribution in [2.24, 2.45) is 8.73 Å². The molecule has 0 saturated carbocycles. The Labute approximate surface area is 99.1 Å². The van der Waals surface area contributed by atoms with E-state index in [-0.39, 0.29) is 10.7 Å². The van der Waals surface area contributed by atoms with Crippen LogP contribution in [0.1, 0.15) is 6.92 Å². The maximum atomic E-state index is 11.5. The number of fused-ring (bicyclic) bond motifs is 1. The van der Waals surface area contributed by atoms with E-state index in [1.54, 1.807) is 6.92 Å². The number of nitrogens with zero attached hydrogens (tertiary/aromatic N) is 2. The number of hydrogen-bond acceptors (Lipinski definition) is 3.